The van der Waals surface area contributed by atoms with E-state index in [1.807, 2.05) is 24.3 Å². The van der Waals surface area contributed by atoms with E-state index in [-0.39, 0.29) is 6.10 Å². The molecule has 0 spiro atoms. The number of hydrogen-bond donors (Lipinski definition) is 1. The highest BCUT2D eigenvalue weighted by Gasteiger charge is 2.26. The zero-order valence-corrected chi connectivity index (χ0v) is 13.6. The van der Waals surface area contributed by atoms with Crippen LogP contribution in [0.5, 0.6) is 5.75 Å². The number of pyridine rings is 1. The summed E-state index contributed by atoms with van der Waals surface area (Å²) in [6, 6.07) is 9.81. The smallest absolute Gasteiger partial charge is 0.181 e. The van der Waals surface area contributed by atoms with Crippen molar-refractivity contribution in [3.8, 4) is 23.3 Å². The van der Waals surface area contributed by atoms with E-state index in [0.29, 0.717) is 17.0 Å². The molecular formula is C19H13N5O2. The Morgan fingerprint density at radius 2 is 2.23 bits per heavy atom. The molecule has 1 aliphatic carbocycles. The second-order valence-corrected chi connectivity index (χ2v) is 6.17. The van der Waals surface area contributed by atoms with Gasteiger partial charge in [0.2, 0.25) is 0 Å². The van der Waals surface area contributed by atoms with Crippen molar-refractivity contribution in [2.45, 2.75) is 18.9 Å². The predicted molar refractivity (Wildman–Crippen MR) is 92.2 cm³/mol. The van der Waals surface area contributed by atoms with Crippen LogP contribution in [0.4, 0.5) is 0 Å². The lowest BCUT2D eigenvalue weighted by Gasteiger charge is -2.14. The minimum atomic E-state index is -0.115. The van der Waals surface area contributed by atoms with Crippen LogP contribution in [0, 0.1) is 11.3 Å². The van der Waals surface area contributed by atoms with Gasteiger partial charge in [-0.3, -0.25) is 10.1 Å². The van der Waals surface area contributed by atoms with E-state index in [1.165, 1.54) is 6.39 Å². The normalized spacial score (nSPS) is 15.7. The lowest BCUT2D eigenvalue weighted by molar-refractivity contribution is 0.203. The molecular weight excluding hydrogens is 330 g/mol. The zero-order chi connectivity index (χ0) is 17.5. The van der Waals surface area contributed by atoms with Gasteiger partial charge in [0.25, 0.3) is 0 Å². The molecule has 0 amide bonds. The minimum Gasteiger partial charge on any atom is -0.484 e. The number of nitrogens with one attached hydrogen (secondary N) is 1. The van der Waals surface area contributed by atoms with Crippen molar-refractivity contribution in [2.75, 3.05) is 0 Å². The van der Waals surface area contributed by atoms with Crippen molar-refractivity contribution >= 4 is 10.9 Å². The molecule has 26 heavy (non-hydrogen) atoms. The number of aromatic nitrogens is 4. The third-order valence-electron chi connectivity index (χ3n) is 4.59. The number of oxazole rings is 1. The van der Waals surface area contributed by atoms with E-state index in [1.54, 1.807) is 12.4 Å². The molecule has 5 rings (SSSR count). The highest BCUT2D eigenvalue weighted by molar-refractivity contribution is 5.92. The number of rotatable bonds is 3. The Balaban J connectivity index is 1.48. The molecule has 0 unspecified atom stereocenters. The molecule has 1 aromatic carbocycles. The Labute approximate surface area is 148 Å². The molecule has 0 bridgehead atoms. The fourth-order valence-electron chi connectivity index (χ4n) is 3.36. The predicted octanol–water partition coefficient (Wildman–Crippen LogP) is 3.55. The molecule has 3 aromatic heterocycles. The van der Waals surface area contributed by atoms with Gasteiger partial charge in [-0.1, -0.05) is 0 Å². The quantitative estimate of drug-likeness (QED) is 0.610. The summed E-state index contributed by atoms with van der Waals surface area (Å²) in [5.74, 6) is 1.34. The molecule has 1 atom stereocenters. The summed E-state index contributed by atoms with van der Waals surface area (Å²) >= 11 is 0. The molecule has 0 saturated carbocycles. The van der Waals surface area contributed by atoms with E-state index in [4.69, 9.17) is 14.4 Å². The first-order valence-corrected chi connectivity index (χ1v) is 8.24. The summed E-state index contributed by atoms with van der Waals surface area (Å²) in [5, 5.41) is 17.2. The lowest BCUT2D eigenvalue weighted by Crippen LogP contribution is -2.05. The Morgan fingerprint density at radius 3 is 3.08 bits per heavy atom. The first-order chi connectivity index (χ1) is 12.8. The SMILES string of the molecule is N#Cc1cnc2c(c1)CC[C@H]2Oc1ccc2[nH]nc(-c3cnco3)c2c1. The number of ether oxygens (including phenoxy) is 1. The molecule has 4 aromatic rings. The number of nitriles is 1. The third-order valence-corrected chi connectivity index (χ3v) is 4.59. The number of H-pyrrole nitrogens is 1. The van der Waals surface area contributed by atoms with Gasteiger partial charge in [-0.05, 0) is 42.7 Å². The molecule has 3 heterocycles. The summed E-state index contributed by atoms with van der Waals surface area (Å²) in [5.41, 5.74) is 4.17. The van der Waals surface area contributed by atoms with Crippen molar-refractivity contribution in [1.82, 2.24) is 20.2 Å². The maximum absolute atomic E-state index is 9.01. The van der Waals surface area contributed by atoms with Crippen LogP contribution in [0.3, 0.4) is 0 Å². The van der Waals surface area contributed by atoms with Gasteiger partial charge in [0.15, 0.2) is 12.2 Å². The molecule has 0 radical (unpaired) electrons. The van der Waals surface area contributed by atoms with Crippen LogP contribution >= 0.6 is 0 Å². The van der Waals surface area contributed by atoms with Gasteiger partial charge in [0.05, 0.1) is 23.0 Å². The fourth-order valence-corrected chi connectivity index (χ4v) is 3.36. The maximum Gasteiger partial charge on any atom is 0.181 e. The van der Waals surface area contributed by atoms with Gasteiger partial charge in [-0.2, -0.15) is 10.4 Å². The first-order valence-electron chi connectivity index (χ1n) is 8.24. The Hall–Kier alpha value is -3.66. The number of nitrogens with zero attached hydrogens (tertiary/aromatic N) is 4. The molecule has 7 nitrogen and oxygen atoms in total. The summed E-state index contributed by atoms with van der Waals surface area (Å²) in [4.78, 5) is 8.38. The number of fused-ring (bicyclic) bond motifs is 2. The van der Waals surface area contributed by atoms with Crippen molar-refractivity contribution in [1.29, 1.82) is 5.26 Å². The van der Waals surface area contributed by atoms with Crippen LogP contribution < -0.4 is 4.74 Å². The average molecular weight is 343 g/mol. The van der Waals surface area contributed by atoms with Crippen LogP contribution in [0.25, 0.3) is 22.4 Å². The monoisotopic (exact) mass is 343 g/mol. The number of aryl methyl sites for hydroxylation is 1. The van der Waals surface area contributed by atoms with E-state index < -0.39 is 0 Å². The molecule has 0 saturated heterocycles. The second kappa shape index (κ2) is 5.70. The summed E-state index contributed by atoms with van der Waals surface area (Å²) in [7, 11) is 0. The standard InChI is InChI=1S/C19H13N5O2/c20-7-11-5-12-1-4-16(18(12)22-8-11)26-13-2-3-15-14(6-13)19(24-23-15)17-9-21-10-25-17/h2-3,5-6,8-10,16H,1,4H2,(H,23,24)/t16-/m1/s1. The maximum atomic E-state index is 9.01. The van der Waals surface area contributed by atoms with Gasteiger partial charge in [0.1, 0.15) is 23.6 Å². The van der Waals surface area contributed by atoms with Crippen LogP contribution in [0.15, 0.2) is 47.5 Å². The zero-order valence-electron chi connectivity index (χ0n) is 13.6. The molecule has 1 N–H and O–H groups in total. The fraction of sp³-hybridized carbons (Fsp3) is 0.158. The lowest BCUT2D eigenvalue weighted by atomic mass is 10.1. The largest absolute Gasteiger partial charge is 0.484 e. The summed E-state index contributed by atoms with van der Waals surface area (Å²) in [6.07, 6.45) is 6.20. The number of hydrogen-bond acceptors (Lipinski definition) is 6. The van der Waals surface area contributed by atoms with Crippen LogP contribution in [0.2, 0.25) is 0 Å². The van der Waals surface area contributed by atoms with Crippen LogP contribution in [-0.2, 0) is 6.42 Å². The van der Waals surface area contributed by atoms with Gasteiger partial charge in [-0.25, -0.2) is 4.98 Å². The molecule has 0 fully saturated rings. The van der Waals surface area contributed by atoms with Crippen molar-refractivity contribution in [3.63, 3.8) is 0 Å². The first kappa shape index (κ1) is 14.7. The highest BCUT2D eigenvalue weighted by Crippen LogP contribution is 2.36. The molecule has 126 valence electrons. The number of aromatic amines is 1. The van der Waals surface area contributed by atoms with Crippen molar-refractivity contribution < 1.29 is 9.15 Å². The highest BCUT2D eigenvalue weighted by atomic mass is 16.5. The van der Waals surface area contributed by atoms with E-state index >= 15 is 0 Å². The Bertz CT molecular complexity index is 1140. The summed E-state index contributed by atoms with van der Waals surface area (Å²) < 4.78 is 11.5. The molecule has 1 aliphatic rings. The minimum absolute atomic E-state index is 0.115. The van der Waals surface area contributed by atoms with E-state index in [0.717, 1.165) is 40.8 Å². The van der Waals surface area contributed by atoms with Crippen LogP contribution in [-0.4, -0.2) is 20.2 Å². The van der Waals surface area contributed by atoms with Gasteiger partial charge >= 0.3 is 0 Å². The van der Waals surface area contributed by atoms with Crippen molar-refractivity contribution in [3.05, 3.63) is 59.9 Å². The third kappa shape index (κ3) is 2.31. The summed E-state index contributed by atoms with van der Waals surface area (Å²) in [6.45, 7) is 0. The average Bonchev–Trinajstić information content (AvgIpc) is 3.40. The van der Waals surface area contributed by atoms with E-state index in [2.05, 4.69) is 26.2 Å². The molecule has 7 heteroatoms. The van der Waals surface area contributed by atoms with Gasteiger partial charge in [-0.15, -0.1) is 0 Å². The molecule has 0 aliphatic heterocycles. The topological polar surface area (TPSA) is 101 Å². The second-order valence-electron chi connectivity index (χ2n) is 6.17. The van der Waals surface area contributed by atoms with Crippen molar-refractivity contribution in [2.24, 2.45) is 0 Å². The Morgan fingerprint density at radius 1 is 1.27 bits per heavy atom. The van der Waals surface area contributed by atoms with Gasteiger partial charge in [0, 0.05) is 11.6 Å². The van der Waals surface area contributed by atoms with E-state index in [9.17, 15) is 0 Å². The number of benzene rings is 1. The Kier molecular flexibility index (Phi) is 3.22. The van der Waals surface area contributed by atoms with Crippen LogP contribution in [0.1, 0.15) is 29.3 Å². The van der Waals surface area contributed by atoms with Gasteiger partial charge < -0.3 is 9.15 Å².